The van der Waals surface area contributed by atoms with Crippen LogP contribution in [0.1, 0.15) is 10.4 Å². The van der Waals surface area contributed by atoms with E-state index in [4.69, 9.17) is 0 Å². The van der Waals surface area contributed by atoms with Crippen LogP contribution in [0.5, 0.6) is 0 Å². The van der Waals surface area contributed by atoms with Crippen molar-refractivity contribution < 1.29 is 9.18 Å². The van der Waals surface area contributed by atoms with Gasteiger partial charge >= 0.3 is 0 Å². The van der Waals surface area contributed by atoms with E-state index in [2.05, 4.69) is 20.3 Å². The lowest BCUT2D eigenvalue weighted by Crippen LogP contribution is -2.12. The minimum Gasteiger partial charge on any atom is -0.298 e. The van der Waals surface area contributed by atoms with Crippen LogP contribution in [-0.2, 0) is 0 Å². The van der Waals surface area contributed by atoms with Crippen LogP contribution >= 0.6 is 11.3 Å². The van der Waals surface area contributed by atoms with Crippen LogP contribution < -0.4 is 5.32 Å². The van der Waals surface area contributed by atoms with Crippen molar-refractivity contribution in [1.29, 1.82) is 0 Å². The molecule has 0 bridgehead atoms. The van der Waals surface area contributed by atoms with E-state index in [-0.39, 0.29) is 11.7 Å². The summed E-state index contributed by atoms with van der Waals surface area (Å²) >= 11 is 1.29. The fraction of sp³-hybridized carbons (Fsp3) is 0. The van der Waals surface area contributed by atoms with Crippen LogP contribution in [0.25, 0.3) is 22.6 Å². The number of hydrogen-bond acceptors (Lipinski definition) is 5. The zero-order valence-electron chi connectivity index (χ0n) is 14.0. The van der Waals surface area contributed by atoms with E-state index in [1.54, 1.807) is 17.5 Å². The van der Waals surface area contributed by atoms with Crippen LogP contribution in [0.15, 0.2) is 72.4 Å². The van der Waals surface area contributed by atoms with Gasteiger partial charge in [0.1, 0.15) is 5.82 Å². The quantitative estimate of drug-likeness (QED) is 0.563. The molecule has 0 saturated heterocycles. The van der Waals surface area contributed by atoms with Gasteiger partial charge in [0.15, 0.2) is 11.0 Å². The summed E-state index contributed by atoms with van der Waals surface area (Å²) in [5.41, 5.74) is 2.68. The molecule has 0 fully saturated rings. The molecule has 0 aliphatic rings. The molecule has 0 radical (unpaired) electrons. The molecule has 0 unspecified atom stereocenters. The monoisotopic (exact) mass is 376 g/mol. The smallest absolute Gasteiger partial charge is 0.260 e. The lowest BCUT2D eigenvalue weighted by Gasteiger charge is -2.03. The van der Waals surface area contributed by atoms with Crippen LogP contribution in [0.3, 0.4) is 0 Å². The van der Waals surface area contributed by atoms with Gasteiger partial charge in [-0.25, -0.2) is 19.3 Å². The molecule has 0 atom stereocenters. The van der Waals surface area contributed by atoms with Crippen LogP contribution in [0, 0.1) is 5.82 Å². The van der Waals surface area contributed by atoms with Gasteiger partial charge in [0, 0.05) is 28.9 Å². The van der Waals surface area contributed by atoms with Crippen molar-refractivity contribution in [2.75, 3.05) is 5.32 Å². The first-order valence-electron chi connectivity index (χ1n) is 8.09. The third-order valence-electron chi connectivity index (χ3n) is 3.81. The maximum Gasteiger partial charge on any atom is 0.260 e. The molecule has 0 aliphatic carbocycles. The van der Waals surface area contributed by atoms with E-state index in [1.165, 1.54) is 35.9 Å². The Labute approximate surface area is 158 Å². The molecule has 2 aromatic carbocycles. The molecular weight excluding hydrogens is 363 g/mol. The maximum absolute atomic E-state index is 13.0. The number of carbonyl (C=O) groups is 1. The maximum atomic E-state index is 13.0. The van der Waals surface area contributed by atoms with Gasteiger partial charge < -0.3 is 0 Å². The largest absolute Gasteiger partial charge is 0.298 e. The number of nitrogens with one attached hydrogen (secondary N) is 1. The minimum absolute atomic E-state index is 0.304. The molecule has 1 N–H and O–H groups in total. The number of halogens is 1. The van der Waals surface area contributed by atoms with E-state index >= 15 is 0 Å². The van der Waals surface area contributed by atoms with Gasteiger partial charge in [-0.05, 0) is 24.3 Å². The molecule has 132 valence electrons. The summed E-state index contributed by atoms with van der Waals surface area (Å²) in [7, 11) is 0. The van der Waals surface area contributed by atoms with Crippen molar-refractivity contribution in [2.24, 2.45) is 0 Å². The third-order valence-corrected chi connectivity index (χ3v) is 4.57. The van der Waals surface area contributed by atoms with Gasteiger partial charge in [-0.15, -0.1) is 11.3 Å². The number of hydrogen-bond donors (Lipinski definition) is 1. The van der Waals surface area contributed by atoms with Crippen molar-refractivity contribution >= 4 is 22.4 Å². The Kier molecular flexibility index (Phi) is 4.67. The van der Waals surface area contributed by atoms with Crippen molar-refractivity contribution in [2.45, 2.75) is 0 Å². The Hall–Kier alpha value is -3.45. The lowest BCUT2D eigenvalue weighted by atomic mass is 10.2. The standard InChI is InChI=1S/C20H13FN4OS/c21-16-8-6-13(7-9-16)17-12-27-20(24-17)25-19(26)15-10-22-18(23-11-15)14-4-2-1-3-5-14/h1-12H,(H,24,25,26). The molecule has 4 rings (SSSR count). The van der Waals surface area contributed by atoms with E-state index < -0.39 is 0 Å². The summed E-state index contributed by atoms with van der Waals surface area (Å²) in [6.07, 6.45) is 2.97. The van der Waals surface area contributed by atoms with Crippen molar-refractivity contribution in [1.82, 2.24) is 15.0 Å². The Morgan fingerprint density at radius 3 is 2.33 bits per heavy atom. The molecule has 4 aromatic rings. The Morgan fingerprint density at radius 2 is 1.63 bits per heavy atom. The molecule has 27 heavy (non-hydrogen) atoms. The number of thiazole rings is 1. The predicted octanol–water partition coefficient (Wildman–Crippen LogP) is 4.66. The first kappa shape index (κ1) is 17.0. The van der Waals surface area contributed by atoms with Gasteiger partial charge in [-0.1, -0.05) is 30.3 Å². The average molecular weight is 376 g/mol. The van der Waals surface area contributed by atoms with Gasteiger partial charge in [-0.3, -0.25) is 10.1 Å². The number of carbonyl (C=O) groups excluding carboxylic acids is 1. The molecule has 0 saturated carbocycles. The lowest BCUT2D eigenvalue weighted by molar-refractivity contribution is 0.102. The normalized spacial score (nSPS) is 10.6. The second-order valence-corrected chi connectivity index (χ2v) is 6.52. The number of benzene rings is 2. The predicted molar refractivity (Wildman–Crippen MR) is 103 cm³/mol. The summed E-state index contributed by atoms with van der Waals surface area (Å²) in [4.78, 5) is 25.2. The highest BCUT2D eigenvalue weighted by Gasteiger charge is 2.11. The molecule has 5 nitrogen and oxygen atoms in total. The Balaban J connectivity index is 1.47. The molecule has 1 amide bonds. The second kappa shape index (κ2) is 7.43. The van der Waals surface area contributed by atoms with Crippen molar-refractivity contribution in [3.63, 3.8) is 0 Å². The van der Waals surface area contributed by atoms with Crippen LogP contribution in [-0.4, -0.2) is 20.9 Å². The second-order valence-electron chi connectivity index (χ2n) is 5.66. The highest BCUT2D eigenvalue weighted by Crippen LogP contribution is 2.25. The SMILES string of the molecule is O=C(Nc1nc(-c2ccc(F)cc2)cs1)c1cnc(-c2ccccc2)nc1. The first-order chi connectivity index (χ1) is 13.2. The summed E-state index contributed by atoms with van der Waals surface area (Å²) in [6.45, 7) is 0. The van der Waals surface area contributed by atoms with E-state index in [0.29, 0.717) is 22.2 Å². The third kappa shape index (κ3) is 3.88. The molecule has 0 aliphatic heterocycles. The zero-order valence-corrected chi connectivity index (χ0v) is 14.8. The van der Waals surface area contributed by atoms with Gasteiger partial charge in [0.25, 0.3) is 5.91 Å². The summed E-state index contributed by atoms with van der Waals surface area (Å²) < 4.78 is 13.0. The summed E-state index contributed by atoms with van der Waals surface area (Å²) in [6, 6.07) is 15.6. The van der Waals surface area contributed by atoms with Crippen molar-refractivity contribution in [3.05, 3.63) is 83.8 Å². The van der Waals surface area contributed by atoms with Crippen LogP contribution in [0.4, 0.5) is 9.52 Å². The van der Waals surface area contributed by atoms with E-state index in [1.807, 2.05) is 30.3 Å². The number of anilines is 1. The summed E-state index contributed by atoms with van der Waals surface area (Å²) in [5.74, 6) is -0.0870. The van der Waals surface area contributed by atoms with Gasteiger partial charge in [0.05, 0.1) is 11.3 Å². The summed E-state index contributed by atoms with van der Waals surface area (Å²) in [5, 5.41) is 4.99. The minimum atomic E-state index is -0.338. The topological polar surface area (TPSA) is 67.8 Å². The number of nitrogens with zero attached hydrogens (tertiary/aromatic N) is 3. The molecule has 0 spiro atoms. The molecule has 7 heteroatoms. The number of rotatable bonds is 4. The molecular formula is C20H13FN4OS. The van der Waals surface area contributed by atoms with E-state index in [0.717, 1.165) is 11.1 Å². The Bertz CT molecular complexity index is 1060. The highest BCUT2D eigenvalue weighted by atomic mass is 32.1. The average Bonchev–Trinajstić information content (AvgIpc) is 3.18. The van der Waals surface area contributed by atoms with Gasteiger partial charge in [-0.2, -0.15) is 0 Å². The molecule has 2 heterocycles. The first-order valence-corrected chi connectivity index (χ1v) is 8.97. The Morgan fingerprint density at radius 1 is 0.926 bits per heavy atom. The number of amides is 1. The van der Waals surface area contributed by atoms with Crippen molar-refractivity contribution in [3.8, 4) is 22.6 Å². The number of aromatic nitrogens is 3. The zero-order chi connectivity index (χ0) is 18.6. The molecule has 2 aromatic heterocycles. The van der Waals surface area contributed by atoms with Gasteiger partial charge in [0.2, 0.25) is 0 Å². The van der Waals surface area contributed by atoms with Crippen LogP contribution in [0.2, 0.25) is 0 Å². The van der Waals surface area contributed by atoms with E-state index in [9.17, 15) is 9.18 Å². The fourth-order valence-corrected chi connectivity index (χ4v) is 3.15. The fourth-order valence-electron chi connectivity index (χ4n) is 2.44. The highest BCUT2D eigenvalue weighted by molar-refractivity contribution is 7.14.